The van der Waals surface area contributed by atoms with Crippen LogP contribution in [0.2, 0.25) is 0 Å². The summed E-state index contributed by atoms with van der Waals surface area (Å²) in [4.78, 5) is 54.9. The molecule has 0 bridgehead atoms. The van der Waals surface area contributed by atoms with Crippen molar-refractivity contribution in [3.8, 4) is 22.9 Å². The van der Waals surface area contributed by atoms with E-state index in [-0.39, 0.29) is 41.0 Å². The minimum Gasteiger partial charge on any atom is -0.506 e. The molecule has 0 aromatic carbocycles. The molecular formula is C42H46N12O4S2. The number of methoxy groups -OCH3 is 1. The van der Waals surface area contributed by atoms with E-state index in [1.165, 1.54) is 22.9 Å². The molecule has 6 aromatic rings. The summed E-state index contributed by atoms with van der Waals surface area (Å²) < 4.78 is 8.53. The third kappa shape index (κ3) is 10.2. The summed E-state index contributed by atoms with van der Waals surface area (Å²) in [5.41, 5.74) is 1.51. The minimum atomic E-state index is -0.245. The van der Waals surface area contributed by atoms with Gasteiger partial charge in [0.2, 0.25) is 11.9 Å². The Morgan fingerprint density at radius 2 is 1.23 bits per heavy atom. The molecule has 0 spiro atoms. The Morgan fingerprint density at radius 3 is 1.77 bits per heavy atom. The maximum absolute atomic E-state index is 13.7. The lowest BCUT2D eigenvalue weighted by atomic mass is 10.2. The third-order valence-corrected chi connectivity index (χ3v) is 12.3. The normalized spacial score (nSPS) is 18.6. The summed E-state index contributed by atoms with van der Waals surface area (Å²) in [5, 5.41) is 23.7. The summed E-state index contributed by atoms with van der Waals surface area (Å²) >= 11 is 3.21. The van der Waals surface area contributed by atoms with Gasteiger partial charge in [-0.1, -0.05) is 0 Å². The van der Waals surface area contributed by atoms with Crippen molar-refractivity contribution in [3.05, 3.63) is 118 Å². The molecule has 0 unspecified atom stereocenters. The number of pyridine rings is 4. The lowest BCUT2D eigenvalue weighted by Crippen LogP contribution is -2.23. The van der Waals surface area contributed by atoms with E-state index < -0.39 is 0 Å². The average Bonchev–Trinajstić information content (AvgIpc) is 3.92. The Bertz CT molecular complexity index is 2490. The average molecular weight is 847 g/mol. The standard InChI is InChI=1S/C42H46N12O4S2/c1-58-34-15-26(40(57)54(25-34)32-8-11-38(44-19-32)50-28-3-5-29(16-28)51-41-45-20-35(59-2)21-46-41)13-14-60-36-22-47-42(48-23-36)52-30-6-4-27(17-30)49-37-10-7-31(18-43-37)53-24-33(55)9-12-39(53)56/h7-12,15,18-25,27-30,55H,3-6,13-14,16-17H2,1-2H3,(H,43,49)(H,44,50)(H,45,46,51)(H,47,48,52)/t27-,28-,29-,30-/m0/s1. The molecule has 0 saturated heterocycles. The van der Waals surface area contributed by atoms with E-state index in [4.69, 9.17) is 4.74 Å². The molecular weight excluding hydrogens is 801 g/mol. The summed E-state index contributed by atoms with van der Waals surface area (Å²) in [5.74, 6) is 3.95. The van der Waals surface area contributed by atoms with Gasteiger partial charge in [-0.15, -0.1) is 23.5 Å². The highest BCUT2D eigenvalue weighted by Crippen LogP contribution is 2.27. The highest BCUT2D eigenvalue weighted by Gasteiger charge is 2.27. The Kier molecular flexibility index (Phi) is 12.8. The number of aromatic hydroxyl groups is 1. The lowest BCUT2D eigenvalue weighted by molar-refractivity contribution is 0.410. The number of anilines is 4. The Balaban J connectivity index is 0.797. The molecule has 2 aliphatic rings. The summed E-state index contributed by atoms with van der Waals surface area (Å²) in [6.07, 6.45) is 21.9. The van der Waals surface area contributed by atoms with Crippen molar-refractivity contribution < 1.29 is 9.84 Å². The monoisotopic (exact) mass is 846 g/mol. The molecule has 60 heavy (non-hydrogen) atoms. The van der Waals surface area contributed by atoms with Crippen molar-refractivity contribution in [1.29, 1.82) is 0 Å². The van der Waals surface area contributed by atoms with Gasteiger partial charge < -0.3 is 31.1 Å². The van der Waals surface area contributed by atoms with Gasteiger partial charge in [-0.3, -0.25) is 18.7 Å². The summed E-state index contributed by atoms with van der Waals surface area (Å²) in [6, 6.07) is 12.9. The molecule has 2 aliphatic carbocycles. The molecule has 18 heteroatoms. The predicted molar refractivity (Wildman–Crippen MR) is 236 cm³/mol. The van der Waals surface area contributed by atoms with Crippen LogP contribution in [-0.2, 0) is 6.42 Å². The number of nitrogens with zero attached hydrogens (tertiary/aromatic N) is 8. The van der Waals surface area contributed by atoms with Crippen molar-refractivity contribution in [2.45, 2.75) is 78.9 Å². The van der Waals surface area contributed by atoms with Crippen LogP contribution in [0.4, 0.5) is 23.5 Å². The quantitative estimate of drug-likeness (QED) is 0.0708. The smallest absolute Gasteiger partial charge is 0.258 e. The number of hydrogen-bond donors (Lipinski definition) is 5. The fraction of sp³-hybridized carbons (Fsp3) is 0.333. The first kappa shape index (κ1) is 40.6. The zero-order chi connectivity index (χ0) is 41.4. The zero-order valence-corrected chi connectivity index (χ0v) is 34.8. The second kappa shape index (κ2) is 18.8. The van der Waals surface area contributed by atoms with Gasteiger partial charge in [0.15, 0.2) is 0 Å². The molecule has 8 rings (SSSR count). The fourth-order valence-corrected chi connectivity index (χ4v) is 8.64. The molecule has 2 saturated carbocycles. The molecule has 4 atom stereocenters. The highest BCUT2D eigenvalue weighted by molar-refractivity contribution is 7.99. The van der Waals surface area contributed by atoms with Gasteiger partial charge in [0.1, 0.15) is 23.1 Å². The molecule has 6 aromatic heterocycles. The zero-order valence-electron chi connectivity index (χ0n) is 33.2. The van der Waals surface area contributed by atoms with Crippen LogP contribution in [0.25, 0.3) is 11.4 Å². The topological polar surface area (TPSA) is 199 Å². The molecule has 6 heterocycles. The van der Waals surface area contributed by atoms with Crippen LogP contribution in [0.1, 0.15) is 44.1 Å². The van der Waals surface area contributed by atoms with Crippen LogP contribution in [0.5, 0.6) is 11.5 Å². The lowest BCUT2D eigenvalue weighted by Gasteiger charge is -2.16. The molecule has 0 aliphatic heterocycles. The van der Waals surface area contributed by atoms with Crippen molar-refractivity contribution in [2.24, 2.45) is 0 Å². The van der Waals surface area contributed by atoms with Gasteiger partial charge >= 0.3 is 0 Å². The van der Waals surface area contributed by atoms with E-state index in [2.05, 4.69) is 51.2 Å². The van der Waals surface area contributed by atoms with Gasteiger partial charge in [0.05, 0.1) is 43.3 Å². The van der Waals surface area contributed by atoms with Crippen LogP contribution < -0.4 is 37.1 Å². The highest BCUT2D eigenvalue weighted by atomic mass is 32.2. The molecule has 310 valence electrons. The van der Waals surface area contributed by atoms with E-state index >= 15 is 0 Å². The first-order valence-corrected chi connectivity index (χ1v) is 22.0. The second-order valence-electron chi connectivity index (χ2n) is 14.8. The van der Waals surface area contributed by atoms with Crippen LogP contribution in [-0.4, -0.2) is 87.4 Å². The minimum absolute atomic E-state index is 0.00791. The maximum atomic E-state index is 13.7. The molecule has 2 fully saturated rings. The van der Waals surface area contributed by atoms with Gasteiger partial charge in [-0.05, 0) is 87.6 Å². The Hall–Kier alpha value is -6.14. The van der Waals surface area contributed by atoms with E-state index in [9.17, 15) is 14.7 Å². The van der Waals surface area contributed by atoms with Crippen molar-refractivity contribution in [1.82, 2.24) is 39.0 Å². The number of aromatic nitrogens is 8. The number of thioether (sulfide) groups is 2. The van der Waals surface area contributed by atoms with Gasteiger partial charge in [0, 0.05) is 76.1 Å². The van der Waals surface area contributed by atoms with Gasteiger partial charge in [-0.2, -0.15) is 0 Å². The van der Waals surface area contributed by atoms with Crippen molar-refractivity contribution >= 4 is 47.1 Å². The van der Waals surface area contributed by atoms with Crippen LogP contribution in [0.3, 0.4) is 0 Å². The van der Waals surface area contributed by atoms with E-state index in [0.29, 0.717) is 46.8 Å². The summed E-state index contributed by atoms with van der Waals surface area (Å²) in [6.45, 7) is 0. The molecule has 0 amide bonds. The van der Waals surface area contributed by atoms with E-state index in [1.807, 2.05) is 36.8 Å². The Labute approximate surface area is 355 Å². The Morgan fingerprint density at radius 1 is 0.683 bits per heavy atom. The molecule has 0 radical (unpaired) electrons. The van der Waals surface area contributed by atoms with Crippen LogP contribution in [0, 0.1) is 0 Å². The number of rotatable bonds is 16. The fourth-order valence-electron chi connectivity index (χ4n) is 7.51. The van der Waals surface area contributed by atoms with Crippen molar-refractivity contribution in [3.63, 3.8) is 0 Å². The van der Waals surface area contributed by atoms with Gasteiger partial charge in [0.25, 0.3) is 11.1 Å². The van der Waals surface area contributed by atoms with E-state index in [0.717, 1.165) is 60.0 Å². The third-order valence-electron chi connectivity index (χ3n) is 10.6. The first-order chi connectivity index (χ1) is 29.3. The number of hydrogen-bond acceptors (Lipinski definition) is 16. The second-order valence-corrected chi connectivity index (χ2v) is 16.8. The first-order valence-electron chi connectivity index (χ1n) is 19.8. The number of nitrogens with one attached hydrogen (secondary N) is 4. The number of ether oxygens (including phenoxy) is 1. The number of aryl methyl sites for hydroxylation is 1. The van der Waals surface area contributed by atoms with Crippen molar-refractivity contribution in [2.75, 3.05) is 40.4 Å². The van der Waals surface area contributed by atoms with E-state index in [1.54, 1.807) is 78.3 Å². The van der Waals surface area contributed by atoms with Gasteiger partial charge in [-0.25, -0.2) is 29.9 Å². The largest absolute Gasteiger partial charge is 0.506 e. The van der Waals surface area contributed by atoms with Crippen LogP contribution in [0.15, 0.2) is 111 Å². The SMILES string of the molecule is COc1cc(CCSc2cnc(N[C@H]3CC[C@H](Nc4ccc(-n5cc(O)ccc5=O)cn4)C3)nc2)c(=O)n(-c2ccc(N[C@H]3CC[C@H](Nc4ncc(SC)cn4)C3)nc2)c1. The molecule has 16 nitrogen and oxygen atoms in total. The summed E-state index contributed by atoms with van der Waals surface area (Å²) in [7, 11) is 1.60. The maximum Gasteiger partial charge on any atom is 0.258 e. The molecule has 5 N–H and O–H groups in total. The van der Waals surface area contributed by atoms with Crippen LogP contribution >= 0.6 is 23.5 Å². The predicted octanol–water partition coefficient (Wildman–Crippen LogP) is 6.02.